The fourth-order valence-electron chi connectivity index (χ4n) is 4.96. The number of fused-ring (bicyclic) bond motifs is 1. The Morgan fingerprint density at radius 3 is 2.33 bits per heavy atom. The number of rotatable bonds is 7. The van der Waals surface area contributed by atoms with Crippen LogP contribution in [0, 0.1) is 19.7 Å². The van der Waals surface area contributed by atoms with Gasteiger partial charge in [0.2, 0.25) is 0 Å². The summed E-state index contributed by atoms with van der Waals surface area (Å²) in [5, 5.41) is 2.96. The van der Waals surface area contributed by atoms with Crippen LogP contribution in [-0.4, -0.2) is 25.7 Å². The van der Waals surface area contributed by atoms with Crippen LogP contribution in [0.4, 0.5) is 4.39 Å². The van der Waals surface area contributed by atoms with Gasteiger partial charge < -0.3 is 4.57 Å². The highest BCUT2D eigenvalue weighted by Gasteiger charge is 2.22. The van der Waals surface area contributed by atoms with E-state index in [0.717, 1.165) is 16.8 Å². The number of Topliss-reactive ketones (excluding diaryl/α,β-unsaturated/α-hetero) is 1. The van der Waals surface area contributed by atoms with Gasteiger partial charge in [0.05, 0.1) is 22.5 Å². The van der Waals surface area contributed by atoms with Crippen LogP contribution in [0.15, 0.2) is 106 Å². The molecule has 0 fully saturated rings. The van der Waals surface area contributed by atoms with Gasteiger partial charge >= 0.3 is 0 Å². The van der Waals surface area contributed by atoms with Crippen molar-refractivity contribution in [3.8, 4) is 22.5 Å². The van der Waals surface area contributed by atoms with Gasteiger partial charge in [-0.3, -0.25) is 14.2 Å². The SMILES string of the molecule is Cc1cc(C(=O)CSc2nc3scc(-c4ccccc4)c3c(=O)n2-c2ccccc2)c(C)n1-c1ccccc1F. The number of carbonyl (C=O) groups excluding carboxylic acids is 1. The van der Waals surface area contributed by atoms with Gasteiger partial charge in [-0.05, 0) is 49.7 Å². The fourth-order valence-corrected chi connectivity index (χ4v) is 6.85. The summed E-state index contributed by atoms with van der Waals surface area (Å²) >= 11 is 2.64. The summed E-state index contributed by atoms with van der Waals surface area (Å²) in [6, 6.07) is 27.4. The minimum atomic E-state index is -0.354. The molecule has 0 spiro atoms. The molecular formula is C32H24FN3O2S2. The highest BCUT2D eigenvalue weighted by Crippen LogP contribution is 2.33. The van der Waals surface area contributed by atoms with Gasteiger partial charge in [-0.15, -0.1) is 11.3 Å². The minimum absolute atomic E-state index is 0.0727. The van der Waals surface area contributed by atoms with Crippen LogP contribution in [0.2, 0.25) is 0 Å². The third-order valence-electron chi connectivity index (χ3n) is 6.83. The first kappa shape index (κ1) is 26.0. The lowest BCUT2D eigenvalue weighted by atomic mass is 10.1. The van der Waals surface area contributed by atoms with Gasteiger partial charge in [0.1, 0.15) is 10.6 Å². The molecule has 0 aliphatic rings. The van der Waals surface area contributed by atoms with Crippen LogP contribution in [-0.2, 0) is 0 Å². The molecule has 3 heterocycles. The van der Waals surface area contributed by atoms with Gasteiger partial charge in [0, 0.05) is 27.9 Å². The molecular weight excluding hydrogens is 542 g/mol. The molecule has 0 radical (unpaired) electrons. The third-order valence-corrected chi connectivity index (χ3v) is 8.64. The molecule has 3 aromatic heterocycles. The maximum atomic E-state index is 14.5. The number of thiophene rings is 1. The summed E-state index contributed by atoms with van der Waals surface area (Å²) in [6.45, 7) is 3.67. The molecule has 6 aromatic rings. The van der Waals surface area contributed by atoms with Crippen LogP contribution in [0.3, 0.4) is 0 Å². The Bertz CT molecular complexity index is 1930. The minimum Gasteiger partial charge on any atom is -0.315 e. The number of nitrogens with zero attached hydrogens (tertiary/aromatic N) is 3. The number of aromatic nitrogens is 3. The normalized spacial score (nSPS) is 11.3. The molecule has 0 aliphatic heterocycles. The Hall–Kier alpha value is -4.27. The smallest absolute Gasteiger partial charge is 0.268 e. The van der Waals surface area contributed by atoms with E-state index in [-0.39, 0.29) is 22.9 Å². The molecule has 0 saturated carbocycles. The van der Waals surface area contributed by atoms with Crippen molar-refractivity contribution in [2.24, 2.45) is 0 Å². The second kappa shape index (κ2) is 10.7. The number of hydrogen-bond acceptors (Lipinski definition) is 5. The monoisotopic (exact) mass is 565 g/mol. The Labute approximate surface area is 238 Å². The molecule has 5 nitrogen and oxygen atoms in total. The molecule has 6 rings (SSSR count). The predicted molar refractivity (Wildman–Crippen MR) is 161 cm³/mol. The quantitative estimate of drug-likeness (QED) is 0.113. The van der Waals surface area contributed by atoms with Gasteiger partial charge in [-0.25, -0.2) is 9.37 Å². The Morgan fingerprint density at radius 2 is 1.60 bits per heavy atom. The zero-order valence-corrected chi connectivity index (χ0v) is 23.4. The number of para-hydroxylation sites is 2. The lowest BCUT2D eigenvalue weighted by Crippen LogP contribution is -2.22. The Morgan fingerprint density at radius 1 is 0.925 bits per heavy atom. The maximum absolute atomic E-state index is 14.5. The lowest BCUT2D eigenvalue weighted by molar-refractivity contribution is 0.102. The maximum Gasteiger partial charge on any atom is 0.268 e. The van der Waals surface area contributed by atoms with E-state index >= 15 is 0 Å². The number of hydrogen-bond donors (Lipinski definition) is 0. The van der Waals surface area contributed by atoms with E-state index < -0.39 is 0 Å². The molecule has 0 N–H and O–H groups in total. The summed E-state index contributed by atoms with van der Waals surface area (Å²) in [5.41, 5.74) is 4.66. The highest BCUT2D eigenvalue weighted by molar-refractivity contribution is 7.99. The lowest BCUT2D eigenvalue weighted by Gasteiger charge is -2.13. The average Bonchev–Trinajstić information content (AvgIpc) is 3.53. The van der Waals surface area contributed by atoms with Crippen molar-refractivity contribution in [1.82, 2.24) is 14.1 Å². The van der Waals surface area contributed by atoms with Crippen LogP contribution in [0.1, 0.15) is 21.7 Å². The first-order valence-corrected chi connectivity index (χ1v) is 14.6. The van der Waals surface area contributed by atoms with Crippen molar-refractivity contribution >= 4 is 39.1 Å². The molecule has 0 saturated heterocycles. The summed E-state index contributed by atoms with van der Waals surface area (Å²) in [5.74, 6) is -0.401. The van der Waals surface area contributed by atoms with E-state index in [2.05, 4.69) is 0 Å². The van der Waals surface area contributed by atoms with Crippen molar-refractivity contribution in [1.29, 1.82) is 0 Å². The molecule has 40 heavy (non-hydrogen) atoms. The molecule has 3 aromatic carbocycles. The highest BCUT2D eigenvalue weighted by atomic mass is 32.2. The van der Waals surface area contributed by atoms with E-state index in [1.807, 2.05) is 79.9 Å². The number of carbonyl (C=O) groups is 1. The number of benzene rings is 3. The van der Waals surface area contributed by atoms with Crippen molar-refractivity contribution in [3.05, 3.63) is 129 Å². The second-order valence-corrected chi connectivity index (χ2v) is 11.2. The second-order valence-electron chi connectivity index (χ2n) is 9.35. The van der Waals surface area contributed by atoms with Gasteiger partial charge in [-0.2, -0.15) is 0 Å². The molecule has 0 unspecified atom stereocenters. The summed E-state index contributed by atoms with van der Waals surface area (Å²) in [7, 11) is 0. The predicted octanol–water partition coefficient (Wildman–Crippen LogP) is 7.64. The topological polar surface area (TPSA) is 56.9 Å². The van der Waals surface area contributed by atoms with Gasteiger partial charge in [0.25, 0.3) is 5.56 Å². The van der Waals surface area contributed by atoms with Gasteiger partial charge in [-0.1, -0.05) is 72.4 Å². The third kappa shape index (κ3) is 4.59. The van der Waals surface area contributed by atoms with E-state index in [1.54, 1.807) is 33.4 Å². The Kier molecular flexibility index (Phi) is 6.96. The first-order chi connectivity index (χ1) is 19.4. The zero-order valence-electron chi connectivity index (χ0n) is 21.8. The van der Waals surface area contributed by atoms with Crippen LogP contribution in [0.25, 0.3) is 32.7 Å². The number of thioether (sulfide) groups is 1. The van der Waals surface area contributed by atoms with E-state index in [1.165, 1.54) is 29.2 Å². The van der Waals surface area contributed by atoms with Crippen molar-refractivity contribution in [2.75, 3.05) is 5.75 Å². The van der Waals surface area contributed by atoms with Crippen LogP contribution >= 0.6 is 23.1 Å². The van der Waals surface area contributed by atoms with E-state index in [0.29, 0.717) is 38.0 Å². The first-order valence-electron chi connectivity index (χ1n) is 12.7. The summed E-state index contributed by atoms with van der Waals surface area (Å²) < 4.78 is 17.9. The molecule has 0 bridgehead atoms. The zero-order chi connectivity index (χ0) is 27.8. The van der Waals surface area contributed by atoms with Crippen molar-refractivity contribution < 1.29 is 9.18 Å². The average molecular weight is 566 g/mol. The molecule has 8 heteroatoms. The molecule has 198 valence electrons. The molecule has 0 atom stereocenters. The van der Waals surface area contributed by atoms with Crippen molar-refractivity contribution in [2.45, 2.75) is 19.0 Å². The number of aryl methyl sites for hydroxylation is 1. The Balaban J connectivity index is 1.39. The largest absolute Gasteiger partial charge is 0.315 e. The molecule has 0 aliphatic carbocycles. The number of halogens is 1. The van der Waals surface area contributed by atoms with Crippen LogP contribution in [0.5, 0.6) is 0 Å². The fraction of sp³-hybridized carbons (Fsp3) is 0.0938. The summed E-state index contributed by atoms with van der Waals surface area (Å²) in [6.07, 6.45) is 0. The van der Waals surface area contributed by atoms with E-state index in [4.69, 9.17) is 4.98 Å². The van der Waals surface area contributed by atoms with E-state index in [9.17, 15) is 14.0 Å². The van der Waals surface area contributed by atoms with Crippen molar-refractivity contribution in [3.63, 3.8) is 0 Å². The van der Waals surface area contributed by atoms with Crippen LogP contribution < -0.4 is 5.56 Å². The standard InChI is InChI=1S/C32H24FN3O2S2/c1-20-17-24(21(2)35(20)27-16-10-9-15-26(27)33)28(37)19-40-32-34-30-29(25(18-39-30)22-11-5-3-6-12-22)31(38)36(32)23-13-7-4-8-14-23/h3-18H,19H2,1-2H3. The van der Waals surface area contributed by atoms with Gasteiger partial charge in [0.15, 0.2) is 10.9 Å². The molecule has 0 amide bonds. The number of ketones is 1. The summed E-state index contributed by atoms with van der Waals surface area (Å²) in [4.78, 5) is 33.0.